The first-order valence-electron chi connectivity index (χ1n) is 8.58. The lowest BCUT2D eigenvalue weighted by Crippen LogP contribution is -2.22. The standard InChI is InChI=1S/C22H24F4N2/c1-4-16(2)20(11-8-14-23)28-21(27)19(15-22(24,25)26)13-12-17(3)18-9-6-5-7-10-18/h4-13,15-16,20H,1,3,14H2,2H3,(H2,27,28)/b11-8+,13-12-,19-15-. The van der Waals surface area contributed by atoms with Crippen LogP contribution in [0.4, 0.5) is 17.6 Å². The van der Waals surface area contributed by atoms with Crippen molar-refractivity contribution in [1.82, 2.24) is 0 Å². The highest BCUT2D eigenvalue weighted by molar-refractivity contribution is 6.00. The van der Waals surface area contributed by atoms with Gasteiger partial charge >= 0.3 is 6.18 Å². The molecular formula is C22H24F4N2. The Bertz CT molecular complexity index is 771. The lowest BCUT2D eigenvalue weighted by molar-refractivity contribution is -0.0801. The lowest BCUT2D eigenvalue weighted by Gasteiger charge is -2.15. The first kappa shape index (κ1) is 23.1. The Morgan fingerprint density at radius 2 is 1.86 bits per heavy atom. The summed E-state index contributed by atoms with van der Waals surface area (Å²) < 4.78 is 51.3. The molecule has 150 valence electrons. The van der Waals surface area contributed by atoms with E-state index in [1.54, 1.807) is 37.3 Å². The Morgan fingerprint density at radius 3 is 2.39 bits per heavy atom. The number of hydrogen-bond acceptors (Lipinski definition) is 1. The van der Waals surface area contributed by atoms with Gasteiger partial charge in [-0.3, -0.25) is 4.99 Å². The number of nitrogens with zero attached hydrogens (tertiary/aromatic N) is 1. The number of rotatable bonds is 9. The monoisotopic (exact) mass is 392 g/mol. The fraction of sp³-hybridized carbons (Fsp3) is 0.227. The molecule has 0 heterocycles. The first-order chi connectivity index (χ1) is 13.2. The number of amidine groups is 1. The summed E-state index contributed by atoms with van der Waals surface area (Å²) in [5.74, 6) is -0.548. The van der Waals surface area contributed by atoms with Gasteiger partial charge in [0.25, 0.3) is 0 Å². The number of nitrogens with two attached hydrogens (primary N) is 1. The highest BCUT2D eigenvalue weighted by Gasteiger charge is 2.25. The average Bonchev–Trinajstić information content (AvgIpc) is 2.67. The van der Waals surface area contributed by atoms with Gasteiger partial charge in [-0.1, -0.05) is 74.2 Å². The molecule has 2 nitrogen and oxygen atoms in total. The second-order valence-corrected chi connectivity index (χ2v) is 6.05. The zero-order valence-corrected chi connectivity index (χ0v) is 15.7. The lowest BCUT2D eigenvalue weighted by atomic mass is 10.0. The highest BCUT2D eigenvalue weighted by atomic mass is 19.4. The molecular weight excluding hydrogens is 368 g/mol. The SMILES string of the molecule is C=CC(C)C(/C=C/CF)N=C(N)C(/C=C\C(=C)c1ccccc1)=C\C(F)(F)F. The van der Waals surface area contributed by atoms with Crippen LogP contribution >= 0.6 is 0 Å². The number of halogens is 4. The Morgan fingerprint density at radius 1 is 1.21 bits per heavy atom. The van der Waals surface area contributed by atoms with Crippen LogP contribution < -0.4 is 5.73 Å². The van der Waals surface area contributed by atoms with Crippen LogP contribution in [-0.2, 0) is 0 Å². The fourth-order valence-corrected chi connectivity index (χ4v) is 2.22. The summed E-state index contributed by atoms with van der Waals surface area (Å²) >= 11 is 0. The van der Waals surface area contributed by atoms with Gasteiger partial charge in [-0.05, 0) is 17.1 Å². The summed E-state index contributed by atoms with van der Waals surface area (Å²) in [6.45, 7) is 8.54. The van der Waals surface area contributed by atoms with Crippen molar-refractivity contribution >= 4 is 11.4 Å². The average molecular weight is 392 g/mol. The number of aliphatic imine (C=N–C) groups is 1. The fourth-order valence-electron chi connectivity index (χ4n) is 2.22. The van der Waals surface area contributed by atoms with Crippen LogP contribution in [0.15, 0.2) is 90.5 Å². The molecule has 0 saturated carbocycles. The zero-order valence-electron chi connectivity index (χ0n) is 15.7. The molecule has 2 N–H and O–H groups in total. The minimum atomic E-state index is -4.58. The van der Waals surface area contributed by atoms with E-state index in [2.05, 4.69) is 18.2 Å². The van der Waals surface area contributed by atoms with Crippen LogP contribution in [0.25, 0.3) is 5.57 Å². The van der Waals surface area contributed by atoms with Crippen molar-refractivity contribution in [3.8, 4) is 0 Å². The van der Waals surface area contributed by atoms with Crippen LogP contribution in [0.3, 0.4) is 0 Å². The maximum absolute atomic E-state index is 13.0. The molecule has 1 aromatic rings. The molecule has 1 rings (SSSR count). The van der Waals surface area contributed by atoms with Crippen molar-refractivity contribution in [2.75, 3.05) is 6.67 Å². The molecule has 0 aliphatic rings. The van der Waals surface area contributed by atoms with Crippen molar-refractivity contribution in [3.05, 3.63) is 91.1 Å². The maximum Gasteiger partial charge on any atom is 0.410 e. The van der Waals surface area contributed by atoms with Gasteiger partial charge in [0, 0.05) is 11.6 Å². The number of alkyl halides is 4. The summed E-state index contributed by atoms with van der Waals surface area (Å²) in [4.78, 5) is 4.14. The molecule has 0 aliphatic carbocycles. The van der Waals surface area contributed by atoms with E-state index < -0.39 is 18.9 Å². The van der Waals surface area contributed by atoms with Gasteiger partial charge in [0.2, 0.25) is 0 Å². The smallest absolute Gasteiger partial charge is 0.383 e. The van der Waals surface area contributed by atoms with Crippen molar-refractivity contribution in [1.29, 1.82) is 0 Å². The van der Waals surface area contributed by atoms with Crippen molar-refractivity contribution < 1.29 is 17.6 Å². The van der Waals surface area contributed by atoms with E-state index >= 15 is 0 Å². The molecule has 0 aliphatic heterocycles. The van der Waals surface area contributed by atoms with E-state index in [-0.39, 0.29) is 23.4 Å². The highest BCUT2D eigenvalue weighted by Crippen LogP contribution is 2.21. The second kappa shape index (κ2) is 11.1. The van der Waals surface area contributed by atoms with E-state index in [0.29, 0.717) is 5.57 Å². The molecule has 2 atom stereocenters. The maximum atomic E-state index is 13.0. The van der Waals surface area contributed by atoms with Crippen LogP contribution in [0.2, 0.25) is 0 Å². The third-order valence-corrected chi connectivity index (χ3v) is 3.84. The van der Waals surface area contributed by atoms with E-state index in [1.165, 1.54) is 24.3 Å². The van der Waals surface area contributed by atoms with E-state index in [4.69, 9.17) is 5.73 Å². The molecule has 0 spiro atoms. The summed E-state index contributed by atoms with van der Waals surface area (Å²) in [6.07, 6.45) is 2.43. The number of hydrogen-bond donors (Lipinski definition) is 1. The van der Waals surface area contributed by atoms with E-state index in [1.807, 2.05) is 6.07 Å². The van der Waals surface area contributed by atoms with Gasteiger partial charge in [0.05, 0.1) is 6.04 Å². The van der Waals surface area contributed by atoms with Crippen molar-refractivity contribution in [2.24, 2.45) is 16.6 Å². The molecule has 0 bridgehead atoms. The van der Waals surface area contributed by atoms with E-state index in [0.717, 1.165) is 5.56 Å². The molecule has 0 fully saturated rings. The Balaban J connectivity index is 3.23. The third-order valence-electron chi connectivity index (χ3n) is 3.84. The van der Waals surface area contributed by atoms with Gasteiger partial charge < -0.3 is 5.73 Å². The minimum absolute atomic E-state index is 0.0785. The third kappa shape index (κ3) is 8.20. The normalized spacial score (nSPS) is 15.8. The molecule has 6 heteroatoms. The Kier molecular flexibility index (Phi) is 9.15. The minimum Gasteiger partial charge on any atom is -0.383 e. The van der Waals surface area contributed by atoms with Crippen molar-refractivity contribution in [2.45, 2.75) is 19.1 Å². The van der Waals surface area contributed by atoms with Crippen LogP contribution in [0, 0.1) is 5.92 Å². The molecule has 0 amide bonds. The van der Waals surface area contributed by atoms with Gasteiger partial charge in [0.15, 0.2) is 0 Å². The van der Waals surface area contributed by atoms with Gasteiger partial charge in [-0.2, -0.15) is 13.2 Å². The molecule has 2 unspecified atom stereocenters. The Hall–Kier alpha value is -2.89. The predicted octanol–water partition coefficient (Wildman–Crippen LogP) is 5.82. The first-order valence-corrected chi connectivity index (χ1v) is 8.58. The summed E-state index contributed by atoms with van der Waals surface area (Å²) in [5.41, 5.74) is 6.84. The van der Waals surface area contributed by atoms with Gasteiger partial charge in [0.1, 0.15) is 12.5 Å². The largest absolute Gasteiger partial charge is 0.410 e. The van der Waals surface area contributed by atoms with Crippen molar-refractivity contribution in [3.63, 3.8) is 0 Å². The second-order valence-electron chi connectivity index (χ2n) is 6.05. The zero-order chi connectivity index (χ0) is 21.2. The Labute approximate surface area is 163 Å². The molecule has 0 aromatic heterocycles. The quantitative estimate of drug-likeness (QED) is 0.186. The topological polar surface area (TPSA) is 38.4 Å². The number of benzene rings is 1. The summed E-state index contributed by atoms with van der Waals surface area (Å²) in [5, 5.41) is 0. The predicted molar refractivity (Wildman–Crippen MR) is 109 cm³/mol. The molecule has 1 aromatic carbocycles. The summed E-state index contributed by atoms with van der Waals surface area (Å²) in [6, 6.07) is 8.38. The van der Waals surface area contributed by atoms with Crippen LogP contribution in [0.5, 0.6) is 0 Å². The molecule has 0 radical (unpaired) electrons. The molecule has 28 heavy (non-hydrogen) atoms. The van der Waals surface area contributed by atoms with Gasteiger partial charge in [-0.25, -0.2) is 4.39 Å². The van der Waals surface area contributed by atoms with Crippen LogP contribution in [0.1, 0.15) is 12.5 Å². The van der Waals surface area contributed by atoms with Gasteiger partial charge in [-0.15, -0.1) is 6.58 Å². The number of allylic oxidation sites excluding steroid dienone is 4. The van der Waals surface area contributed by atoms with Crippen LogP contribution in [-0.4, -0.2) is 24.7 Å². The van der Waals surface area contributed by atoms with E-state index in [9.17, 15) is 17.6 Å². The summed E-state index contributed by atoms with van der Waals surface area (Å²) in [7, 11) is 0. The molecule has 0 saturated heterocycles.